The Kier molecular flexibility index (Phi) is 3.87. The van der Waals surface area contributed by atoms with Crippen molar-refractivity contribution in [2.24, 2.45) is 0 Å². The summed E-state index contributed by atoms with van der Waals surface area (Å²) in [5, 5.41) is 10.9. The third-order valence-corrected chi connectivity index (χ3v) is 1.45. The van der Waals surface area contributed by atoms with E-state index in [0.717, 1.165) is 5.56 Å². The van der Waals surface area contributed by atoms with E-state index in [2.05, 4.69) is 15.0 Å². The van der Waals surface area contributed by atoms with Crippen molar-refractivity contribution in [2.75, 3.05) is 18.5 Å². The Balaban J connectivity index is 2.47. The van der Waals surface area contributed by atoms with Crippen LogP contribution in [0.1, 0.15) is 5.56 Å². The standard InChI is InChI=1S/C9H12N2O3/c1-7-4-8(6-10-5-7)11-9(13)14-3-2-12/h4-6,12H,2-3H2,1H3,(H,11,13). The first-order chi connectivity index (χ1) is 6.72. The van der Waals surface area contributed by atoms with E-state index in [0.29, 0.717) is 5.69 Å². The molecule has 0 spiro atoms. The van der Waals surface area contributed by atoms with E-state index < -0.39 is 6.09 Å². The first kappa shape index (κ1) is 10.5. The van der Waals surface area contributed by atoms with Gasteiger partial charge in [0.05, 0.1) is 18.5 Å². The van der Waals surface area contributed by atoms with Crippen LogP contribution in [0.15, 0.2) is 18.5 Å². The number of aliphatic hydroxyl groups excluding tert-OH is 1. The second-order valence-electron chi connectivity index (χ2n) is 2.74. The topological polar surface area (TPSA) is 71.5 Å². The minimum Gasteiger partial charge on any atom is -0.447 e. The number of aromatic nitrogens is 1. The van der Waals surface area contributed by atoms with Crippen LogP contribution in [0.2, 0.25) is 0 Å². The number of carbonyl (C=O) groups excluding carboxylic acids is 1. The van der Waals surface area contributed by atoms with Gasteiger partial charge in [0.2, 0.25) is 0 Å². The predicted octanol–water partition coefficient (Wildman–Crippen LogP) is 0.931. The Morgan fingerprint density at radius 3 is 3.07 bits per heavy atom. The number of nitrogens with one attached hydrogen (secondary N) is 1. The van der Waals surface area contributed by atoms with Crippen LogP contribution in [0, 0.1) is 6.92 Å². The molecule has 0 aliphatic rings. The summed E-state index contributed by atoms with van der Waals surface area (Å²) >= 11 is 0. The number of aliphatic hydroxyl groups is 1. The summed E-state index contributed by atoms with van der Waals surface area (Å²) in [6.45, 7) is 1.68. The molecule has 1 amide bonds. The van der Waals surface area contributed by atoms with Crippen LogP contribution in [-0.2, 0) is 4.74 Å². The molecule has 0 aliphatic carbocycles. The maximum Gasteiger partial charge on any atom is 0.411 e. The summed E-state index contributed by atoms with van der Waals surface area (Å²) in [4.78, 5) is 14.9. The van der Waals surface area contributed by atoms with Crippen LogP contribution in [-0.4, -0.2) is 29.4 Å². The molecule has 0 atom stereocenters. The molecule has 0 bridgehead atoms. The van der Waals surface area contributed by atoms with Crippen LogP contribution in [0.3, 0.4) is 0 Å². The van der Waals surface area contributed by atoms with Gasteiger partial charge in [0, 0.05) is 6.20 Å². The van der Waals surface area contributed by atoms with Crippen LogP contribution < -0.4 is 5.32 Å². The number of hydrogen-bond donors (Lipinski definition) is 2. The van der Waals surface area contributed by atoms with Crippen molar-refractivity contribution in [1.82, 2.24) is 4.98 Å². The van der Waals surface area contributed by atoms with E-state index in [-0.39, 0.29) is 13.2 Å². The maximum atomic E-state index is 11.0. The largest absolute Gasteiger partial charge is 0.447 e. The summed E-state index contributed by atoms with van der Waals surface area (Å²) in [6, 6.07) is 1.77. The molecule has 0 fully saturated rings. The van der Waals surface area contributed by atoms with Crippen LogP contribution in [0.5, 0.6) is 0 Å². The van der Waals surface area contributed by atoms with Gasteiger partial charge in [-0.2, -0.15) is 0 Å². The van der Waals surface area contributed by atoms with E-state index in [1.807, 2.05) is 6.92 Å². The van der Waals surface area contributed by atoms with Crippen molar-refractivity contribution in [3.8, 4) is 0 Å². The van der Waals surface area contributed by atoms with Crippen LogP contribution >= 0.6 is 0 Å². The number of amides is 1. The minimum atomic E-state index is -0.591. The van der Waals surface area contributed by atoms with E-state index in [4.69, 9.17) is 5.11 Å². The van der Waals surface area contributed by atoms with Gasteiger partial charge >= 0.3 is 6.09 Å². The quantitative estimate of drug-likeness (QED) is 0.754. The Bertz CT molecular complexity index is 315. The molecule has 0 radical (unpaired) electrons. The average Bonchev–Trinajstić information content (AvgIpc) is 2.15. The van der Waals surface area contributed by atoms with E-state index in [9.17, 15) is 4.79 Å². The Labute approximate surface area is 81.7 Å². The highest BCUT2D eigenvalue weighted by molar-refractivity contribution is 5.84. The highest BCUT2D eigenvalue weighted by atomic mass is 16.6. The maximum absolute atomic E-state index is 11.0. The molecule has 1 aromatic heterocycles. The van der Waals surface area contributed by atoms with Gasteiger partial charge in [-0.15, -0.1) is 0 Å². The number of carbonyl (C=O) groups is 1. The molecule has 0 unspecified atom stereocenters. The number of ether oxygens (including phenoxy) is 1. The number of aryl methyl sites for hydroxylation is 1. The molecule has 0 saturated carbocycles. The van der Waals surface area contributed by atoms with Crippen molar-refractivity contribution in [3.05, 3.63) is 24.0 Å². The van der Waals surface area contributed by atoms with Crippen LogP contribution in [0.25, 0.3) is 0 Å². The van der Waals surface area contributed by atoms with Gasteiger partial charge < -0.3 is 9.84 Å². The van der Waals surface area contributed by atoms with E-state index in [1.54, 1.807) is 12.3 Å². The molecule has 1 heterocycles. The number of pyridine rings is 1. The fourth-order valence-corrected chi connectivity index (χ4v) is 0.916. The zero-order valence-corrected chi connectivity index (χ0v) is 7.86. The van der Waals surface area contributed by atoms with Gasteiger partial charge in [-0.1, -0.05) is 0 Å². The molecular weight excluding hydrogens is 184 g/mol. The van der Waals surface area contributed by atoms with Gasteiger partial charge in [-0.25, -0.2) is 4.79 Å². The van der Waals surface area contributed by atoms with Crippen LogP contribution in [0.4, 0.5) is 10.5 Å². The molecule has 0 saturated heterocycles. The third-order valence-electron chi connectivity index (χ3n) is 1.45. The molecule has 76 valence electrons. The second kappa shape index (κ2) is 5.18. The smallest absolute Gasteiger partial charge is 0.411 e. The Morgan fingerprint density at radius 2 is 2.43 bits per heavy atom. The van der Waals surface area contributed by atoms with Crippen molar-refractivity contribution >= 4 is 11.8 Å². The van der Waals surface area contributed by atoms with Crippen molar-refractivity contribution in [3.63, 3.8) is 0 Å². The lowest BCUT2D eigenvalue weighted by Gasteiger charge is -2.05. The third kappa shape index (κ3) is 3.40. The average molecular weight is 196 g/mol. The SMILES string of the molecule is Cc1cncc(NC(=O)OCCO)c1. The number of anilines is 1. The summed E-state index contributed by atoms with van der Waals surface area (Å²) in [7, 11) is 0. The first-order valence-electron chi connectivity index (χ1n) is 4.18. The highest BCUT2D eigenvalue weighted by Crippen LogP contribution is 2.07. The fourth-order valence-electron chi connectivity index (χ4n) is 0.916. The normalized spacial score (nSPS) is 9.57. The fraction of sp³-hybridized carbons (Fsp3) is 0.333. The summed E-state index contributed by atoms with van der Waals surface area (Å²) in [5.74, 6) is 0. The van der Waals surface area contributed by atoms with Crippen molar-refractivity contribution in [2.45, 2.75) is 6.92 Å². The first-order valence-corrected chi connectivity index (χ1v) is 4.18. The molecule has 14 heavy (non-hydrogen) atoms. The van der Waals surface area contributed by atoms with Gasteiger partial charge in [0.15, 0.2) is 0 Å². The van der Waals surface area contributed by atoms with Crippen molar-refractivity contribution < 1.29 is 14.6 Å². The lowest BCUT2D eigenvalue weighted by atomic mass is 10.3. The van der Waals surface area contributed by atoms with E-state index in [1.165, 1.54) is 6.20 Å². The second-order valence-corrected chi connectivity index (χ2v) is 2.74. The molecule has 0 aliphatic heterocycles. The van der Waals surface area contributed by atoms with Gasteiger partial charge in [0.1, 0.15) is 6.61 Å². The summed E-state index contributed by atoms with van der Waals surface area (Å²) in [5.41, 5.74) is 1.53. The lowest BCUT2D eigenvalue weighted by molar-refractivity contribution is 0.131. The monoisotopic (exact) mass is 196 g/mol. The van der Waals surface area contributed by atoms with Crippen molar-refractivity contribution in [1.29, 1.82) is 0 Å². The number of hydrogen-bond acceptors (Lipinski definition) is 4. The molecule has 1 rings (SSSR count). The van der Waals surface area contributed by atoms with Gasteiger partial charge in [-0.3, -0.25) is 10.3 Å². The van der Waals surface area contributed by atoms with Gasteiger partial charge in [0.25, 0.3) is 0 Å². The molecule has 5 nitrogen and oxygen atoms in total. The summed E-state index contributed by atoms with van der Waals surface area (Å²) < 4.78 is 4.61. The lowest BCUT2D eigenvalue weighted by Crippen LogP contribution is -2.15. The molecule has 0 aromatic carbocycles. The highest BCUT2D eigenvalue weighted by Gasteiger charge is 2.02. The Morgan fingerprint density at radius 1 is 1.64 bits per heavy atom. The number of rotatable bonds is 3. The zero-order chi connectivity index (χ0) is 10.4. The molecule has 1 aromatic rings. The predicted molar refractivity (Wildman–Crippen MR) is 51.0 cm³/mol. The molecule has 2 N–H and O–H groups in total. The van der Waals surface area contributed by atoms with Gasteiger partial charge in [-0.05, 0) is 18.6 Å². The Hall–Kier alpha value is -1.62. The number of nitrogens with zero attached hydrogens (tertiary/aromatic N) is 1. The molecular formula is C9H12N2O3. The zero-order valence-electron chi connectivity index (χ0n) is 7.86. The summed E-state index contributed by atoms with van der Waals surface area (Å²) in [6.07, 6.45) is 2.61. The minimum absolute atomic E-state index is 0.00885. The van der Waals surface area contributed by atoms with E-state index >= 15 is 0 Å². The molecule has 5 heteroatoms.